The SMILES string of the molecule is NC(Cc1ccc(O)cc1)C(=O)NC(CS)C(=O)NC(CCC(=O)O)C(=O)NC(CC(=O)O)C(=O)O. The second kappa shape index (κ2) is 14.5. The van der Waals surface area contributed by atoms with Crippen molar-refractivity contribution >= 4 is 48.3 Å². The van der Waals surface area contributed by atoms with Crippen molar-refractivity contribution in [2.45, 2.75) is 49.9 Å². The third-order valence-corrected chi connectivity index (χ3v) is 5.18. The van der Waals surface area contributed by atoms with Crippen LogP contribution >= 0.6 is 12.6 Å². The summed E-state index contributed by atoms with van der Waals surface area (Å²) in [5, 5.41) is 42.7. The molecule has 0 bridgehead atoms. The molecule has 14 nitrogen and oxygen atoms in total. The van der Waals surface area contributed by atoms with E-state index in [-0.39, 0.29) is 17.9 Å². The summed E-state index contributed by atoms with van der Waals surface area (Å²) in [5.41, 5.74) is 6.52. The Balaban J connectivity index is 2.88. The largest absolute Gasteiger partial charge is 0.508 e. The van der Waals surface area contributed by atoms with Gasteiger partial charge in [-0.25, -0.2) is 4.79 Å². The smallest absolute Gasteiger partial charge is 0.326 e. The minimum Gasteiger partial charge on any atom is -0.508 e. The molecule has 0 heterocycles. The average molecular weight is 529 g/mol. The summed E-state index contributed by atoms with van der Waals surface area (Å²) in [6.45, 7) is 0. The normalized spacial score (nSPS) is 13.9. The Morgan fingerprint density at radius 3 is 1.83 bits per heavy atom. The highest BCUT2D eigenvalue weighted by atomic mass is 32.1. The fourth-order valence-corrected chi connectivity index (χ4v) is 3.16. The summed E-state index contributed by atoms with van der Waals surface area (Å²) in [4.78, 5) is 70.7. The van der Waals surface area contributed by atoms with Gasteiger partial charge < -0.3 is 42.1 Å². The van der Waals surface area contributed by atoms with Crippen molar-refractivity contribution in [2.24, 2.45) is 5.73 Å². The van der Waals surface area contributed by atoms with Gasteiger partial charge in [-0.15, -0.1) is 0 Å². The van der Waals surface area contributed by atoms with Crippen LogP contribution in [0.4, 0.5) is 0 Å². The maximum absolute atomic E-state index is 12.7. The number of carbonyl (C=O) groups is 6. The van der Waals surface area contributed by atoms with Crippen molar-refractivity contribution in [3.63, 3.8) is 0 Å². The van der Waals surface area contributed by atoms with Crippen molar-refractivity contribution in [1.82, 2.24) is 16.0 Å². The molecule has 0 aliphatic rings. The summed E-state index contributed by atoms with van der Waals surface area (Å²) >= 11 is 4.01. The molecule has 3 amide bonds. The summed E-state index contributed by atoms with van der Waals surface area (Å²) in [6, 6.07) is 0.211. The molecule has 36 heavy (non-hydrogen) atoms. The van der Waals surface area contributed by atoms with Crippen LogP contribution in [-0.4, -0.2) is 86.0 Å². The molecule has 1 aromatic carbocycles. The molecule has 0 aliphatic carbocycles. The molecule has 4 unspecified atom stereocenters. The second-order valence-electron chi connectivity index (χ2n) is 7.71. The van der Waals surface area contributed by atoms with Crippen molar-refractivity contribution in [3.05, 3.63) is 29.8 Å². The van der Waals surface area contributed by atoms with Gasteiger partial charge in [0.2, 0.25) is 17.7 Å². The Morgan fingerprint density at radius 2 is 1.33 bits per heavy atom. The molecule has 4 atom stereocenters. The topological polar surface area (TPSA) is 245 Å². The van der Waals surface area contributed by atoms with Gasteiger partial charge in [0.25, 0.3) is 0 Å². The van der Waals surface area contributed by atoms with Gasteiger partial charge in [-0.3, -0.25) is 24.0 Å². The first-order valence-corrected chi connectivity index (χ1v) is 11.2. The van der Waals surface area contributed by atoms with Crippen LogP contribution in [0.5, 0.6) is 5.75 Å². The number of carboxylic acids is 3. The van der Waals surface area contributed by atoms with E-state index in [1.807, 2.05) is 5.32 Å². The lowest BCUT2D eigenvalue weighted by molar-refractivity contribution is -0.147. The maximum atomic E-state index is 12.7. The number of nitrogens with two attached hydrogens (primary N) is 1. The lowest BCUT2D eigenvalue weighted by Gasteiger charge is -2.24. The van der Waals surface area contributed by atoms with Crippen molar-refractivity contribution in [2.75, 3.05) is 5.75 Å². The average Bonchev–Trinajstić information content (AvgIpc) is 2.80. The first-order chi connectivity index (χ1) is 16.8. The van der Waals surface area contributed by atoms with E-state index < -0.39 is 79.1 Å². The highest BCUT2D eigenvalue weighted by molar-refractivity contribution is 7.80. The first-order valence-electron chi connectivity index (χ1n) is 10.6. The minimum atomic E-state index is -1.82. The van der Waals surface area contributed by atoms with Gasteiger partial charge in [0.05, 0.1) is 12.5 Å². The predicted octanol–water partition coefficient (Wildman–Crippen LogP) is -1.93. The van der Waals surface area contributed by atoms with Gasteiger partial charge in [-0.05, 0) is 30.5 Å². The monoisotopic (exact) mass is 528 g/mol. The lowest BCUT2D eigenvalue weighted by atomic mass is 10.1. The van der Waals surface area contributed by atoms with Gasteiger partial charge in [0.1, 0.15) is 23.9 Å². The Hall–Kier alpha value is -3.85. The standard InChI is InChI=1S/C21H28N4O10S/c22-12(7-10-1-3-11(26)4-2-10)18(31)25-15(9-36)20(33)23-13(5-6-16(27)28)19(32)24-14(21(34)35)8-17(29)30/h1-4,12-15,26,36H,5-9,22H2,(H,23,33)(H,24,32)(H,25,31)(H,27,28)(H,29,30)(H,34,35). The van der Waals surface area contributed by atoms with Crippen molar-refractivity contribution in [1.29, 1.82) is 0 Å². The van der Waals surface area contributed by atoms with Crippen molar-refractivity contribution < 1.29 is 49.2 Å². The number of nitrogens with one attached hydrogen (secondary N) is 3. The van der Waals surface area contributed by atoms with Gasteiger partial charge >= 0.3 is 17.9 Å². The number of carboxylic acid groups (broad SMARTS) is 3. The lowest BCUT2D eigenvalue weighted by Crippen LogP contribution is -2.58. The van der Waals surface area contributed by atoms with E-state index in [1.54, 1.807) is 12.1 Å². The van der Waals surface area contributed by atoms with E-state index in [2.05, 4.69) is 23.3 Å². The number of hydrogen-bond acceptors (Lipinski definition) is 9. The van der Waals surface area contributed by atoms with Crippen molar-refractivity contribution in [3.8, 4) is 5.75 Å². The summed E-state index contributed by atoms with van der Waals surface area (Å²) < 4.78 is 0. The van der Waals surface area contributed by atoms with Crippen LogP contribution in [0.2, 0.25) is 0 Å². The number of rotatable bonds is 15. The molecule has 9 N–H and O–H groups in total. The van der Waals surface area contributed by atoms with E-state index in [1.165, 1.54) is 12.1 Å². The fraction of sp³-hybridized carbons (Fsp3) is 0.429. The van der Waals surface area contributed by atoms with E-state index in [0.29, 0.717) is 5.56 Å². The number of carbonyl (C=O) groups excluding carboxylic acids is 3. The van der Waals surface area contributed by atoms with E-state index in [0.717, 1.165) is 0 Å². The van der Waals surface area contributed by atoms with Gasteiger partial charge in [0.15, 0.2) is 0 Å². The maximum Gasteiger partial charge on any atom is 0.326 e. The molecule has 198 valence electrons. The second-order valence-corrected chi connectivity index (χ2v) is 8.08. The van der Waals surface area contributed by atoms with Gasteiger partial charge in [-0.2, -0.15) is 12.6 Å². The number of hydrogen-bond donors (Lipinski definition) is 9. The number of phenols is 1. The molecular weight excluding hydrogens is 500 g/mol. The third-order valence-electron chi connectivity index (χ3n) is 4.82. The third kappa shape index (κ3) is 10.6. The Labute approximate surface area is 210 Å². The van der Waals surface area contributed by atoms with Gasteiger partial charge in [0, 0.05) is 12.2 Å². The van der Waals surface area contributed by atoms with Crippen LogP contribution in [0.15, 0.2) is 24.3 Å². The van der Waals surface area contributed by atoms with E-state index in [9.17, 15) is 33.9 Å². The summed E-state index contributed by atoms with van der Waals surface area (Å²) in [5.74, 6) is -7.42. The molecule has 15 heteroatoms. The Kier molecular flexibility index (Phi) is 12.2. The van der Waals surface area contributed by atoms with Crippen LogP contribution < -0.4 is 21.7 Å². The zero-order chi connectivity index (χ0) is 27.4. The predicted molar refractivity (Wildman–Crippen MR) is 126 cm³/mol. The van der Waals surface area contributed by atoms with Crippen LogP contribution in [-0.2, 0) is 35.2 Å². The number of thiol groups is 1. The highest BCUT2D eigenvalue weighted by Gasteiger charge is 2.31. The first kappa shape index (κ1) is 30.2. The number of aromatic hydroxyl groups is 1. The zero-order valence-corrected chi connectivity index (χ0v) is 19.8. The number of phenolic OH excluding ortho intramolecular Hbond substituents is 1. The van der Waals surface area contributed by atoms with Crippen LogP contribution in [0.1, 0.15) is 24.8 Å². The highest BCUT2D eigenvalue weighted by Crippen LogP contribution is 2.11. The molecule has 1 rings (SSSR count). The molecule has 0 saturated heterocycles. The molecular formula is C21H28N4O10S. The Morgan fingerprint density at radius 1 is 0.806 bits per heavy atom. The number of benzene rings is 1. The van der Waals surface area contributed by atoms with Crippen LogP contribution in [0, 0.1) is 0 Å². The molecule has 0 aliphatic heterocycles. The number of aliphatic carboxylic acids is 3. The summed E-state index contributed by atoms with van der Waals surface area (Å²) in [6.07, 6.45) is -1.89. The van der Waals surface area contributed by atoms with Crippen LogP contribution in [0.25, 0.3) is 0 Å². The van der Waals surface area contributed by atoms with E-state index in [4.69, 9.17) is 21.1 Å². The van der Waals surface area contributed by atoms with E-state index >= 15 is 0 Å². The molecule has 0 aromatic heterocycles. The molecule has 0 radical (unpaired) electrons. The minimum absolute atomic E-state index is 0.0303. The Bertz CT molecular complexity index is 972. The zero-order valence-electron chi connectivity index (χ0n) is 18.9. The van der Waals surface area contributed by atoms with Crippen LogP contribution in [0.3, 0.4) is 0 Å². The fourth-order valence-electron chi connectivity index (χ4n) is 2.91. The van der Waals surface area contributed by atoms with Gasteiger partial charge in [-0.1, -0.05) is 12.1 Å². The molecule has 0 saturated carbocycles. The molecule has 1 aromatic rings. The quantitative estimate of drug-likeness (QED) is 0.113. The summed E-state index contributed by atoms with van der Waals surface area (Å²) in [7, 11) is 0. The molecule has 0 spiro atoms. The number of amides is 3. The molecule has 0 fully saturated rings.